The van der Waals surface area contributed by atoms with Crippen molar-refractivity contribution in [2.75, 3.05) is 27.2 Å². The van der Waals surface area contributed by atoms with Gasteiger partial charge in [-0.25, -0.2) is 0 Å². The molecule has 2 aliphatic heterocycles. The summed E-state index contributed by atoms with van der Waals surface area (Å²) in [6.07, 6.45) is 2.15. The number of carbonyl (C=O) groups is 1. The summed E-state index contributed by atoms with van der Waals surface area (Å²) in [6, 6.07) is 6.50. The topological polar surface area (TPSA) is 35.6 Å². The monoisotopic (exact) mass is 273 g/mol. The third kappa shape index (κ3) is 2.58. The summed E-state index contributed by atoms with van der Waals surface area (Å²) >= 11 is 0. The lowest BCUT2D eigenvalue weighted by Crippen LogP contribution is -2.44. The summed E-state index contributed by atoms with van der Waals surface area (Å²) < 4.78 is 0. The zero-order valence-corrected chi connectivity index (χ0v) is 12.4. The van der Waals surface area contributed by atoms with Gasteiger partial charge in [0.2, 0.25) is 0 Å². The lowest BCUT2D eigenvalue weighted by Gasteiger charge is -2.35. The maximum atomic E-state index is 12.6. The normalized spacial score (nSPS) is 19.9. The number of piperidine rings is 1. The Hall–Kier alpha value is -1.39. The van der Waals surface area contributed by atoms with Crippen molar-refractivity contribution in [1.29, 1.82) is 0 Å². The van der Waals surface area contributed by atoms with Crippen LogP contribution in [0.1, 0.15) is 34.3 Å². The number of hydrogen-bond acceptors (Lipinski definition) is 3. The second kappa shape index (κ2) is 5.54. The van der Waals surface area contributed by atoms with Gasteiger partial charge >= 0.3 is 0 Å². The van der Waals surface area contributed by atoms with E-state index in [4.69, 9.17) is 0 Å². The van der Waals surface area contributed by atoms with Crippen LogP contribution in [0, 0.1) is 0 Å². The van der Waals surface area contributed by atoms with Crippen LogP contribution in [0.4, 0.5) is 0 Å². The molecule has 0 saturated carbocycles. The maximum Gasteiger partial charge on any atom is 0.253 e. The second-order valence-corrected chi connectivity index (χ2v) is 6.04. The number of nitrogens with one attached hydrogen (secondary N) is 1. The number of rotatable bonds is 2. The van der Waals surface area contributed by atoms with Crippen LogP contribution >= 0.6 is 0 Å². The molecule has 0 atom stereocenters. The van der Waals surface area contributed by atoms with E-state index in [1.807, 2.05) is 18.0 Å². The van der Waals surface area contributed by atoms with Gasteiger partial charge in [0, 0.05) is 31.7 Å². The van der Waals surface area contributed by atoms with Gasteiger partial charge in [-0.1, -0.05) is 6.07 Å². The van der Waals surface area contributed by atoms with Crippen molar-refractivity contribution in [3.05, 3.63) is 34.9 Å². The quantitative estimate of drug-likeness (QED) is 0.886. The highest BCUT2D eigenvalue weighted by atomic mass is 16.2. The molecule has 0 aliphatic carbocycles. The summed E-state index contributed by atoms with van der Waals surface area (Å²) in [6.45, 7) is 3.97. The molecule has 0 radical (unpaired) electrons. The molecule has 108 valence electrons. The number of likely N-dealkylation sites (tertiary alicyclic amines) is 1. The fourth-order valence-electron chi connectivity index (χ4n) is 3.18. The highest BCUT2D eigenvalue weighted by Gasteiger charge is 2.25. The molecule has 0 bridgehead atoms. The number of benzene rings is 1. The van der Waals surface area contributed by atoms with Crippen molar-refractivity contribution in [2.45, 2.75) is 32.0 Å². The lowest BCUT2D eigenvalue weighted by molar-refractivity contribution is 0.0659. The number of carbonyl (C=O) groups excluding carboxylic acids is 1. The Morgan fingerprint density at radius 3 is 2.70 bits per heavy atom. The first kappa shape index (κ1) is 13.6. The fourth-order valence-corrected chi connectivity index (χ4v) is 3.18. The average molecular weight is 273 g/mol. The number of nitrogens with zero attached hydrogens (tertiary/aromatic N) is 2. The summed E-state index contributed by atoms with van der Waals surface area (Å²) in [5.41, 5.74) is 3.42. The van der Waals surface area contributed by atoms with Gasteiger partial charge in [-0.2, -0.15) is 0 Å². The van der Waals surface area contributed by atoms with Gasteiger partial charge in [0.25, 0.3) is 5.91 Å². The number of hydrogen-bond donors (Lipinski definition) is 1. The predicted molar refractivity (Wildman–Crippen MR) is 79.6 cm³/mol. The fraction of sp³-hybridized carbons (Fsp3) is 0.562. The molecular formula is C16H23N3O. The molecule has 0 aromatic heterocycles. The first-order valence-electron chi connectivity index (χ1n) is 7.43. The molecule has 1 amide bonds. The summed E-state index contributed by atoms with van der Waals surface area (Å²) in [5.74, 6) is 0.161. The van der Waals surface area contributed by atoms with Crippen LogP contribution < -0.4 is 5.32 Å². The SMILES string of the molecule is CN1CCC(N(C)C(=O)c2ccc3c(c2)CNC3)CC1. The van der Waals surface area contributed by atoms with Crippen LogP contribution in [0.2, 0.25) is 0 Å². The van der Waals surface area contributed by atoms with Crippen molar-refractivity contribution < 1.29 is 4.79 Å². The van der Waals surface area contributed by atoms with Crippen LogP contribution in [0.5, 0.6) is 0 Å². The van der Waals surface area contributed by atoms with E-state index in [-0.39, 0.29) is 5.91 Å². The van der Waals surface area contributed by atoms with E-state index in [2.05, 4.69) is 29.4 Å². The second-order valence-electron chi connectivity index (χ2n) is 6.04. The molecular weight excluding hydrogens is 250 g/mol. The van der Waals surface area contributed by atoms with Gasteiger partial charge in [0.1, 0.15) is 0 Å². The maximum absolute atomic E-state index is 12.6. The Bertz CT molecular complexity index is 506. The first-order valence-corrected chi connectivity index (χ1v) is 7.43. The summed E-state index contributed by atoms with van der Waals surface area (Å²) in [4.78, 5) is 16.9. The van der Waals surface area contributed by atoms with Gasteiger partial charge in [0.05, 0.1) is 0 Å². The smallest absolute Gasteiger partial charge is 0.253 e. The van der Waals surface area contributed by atoms with E-state index in [0.717, 1.165) is 44.6 Å². The van der Waals surface area contributed by atoms with Crippen LogP contribution in [0.25, 0.3) is 0 Å². The third-order valence-corrected chi connectivity index (χ3v) is 4.64. The van der Waals surface area contributed by atoms with Crippen LogP contribution in [0.3, 0.4) is 0 Å². The third-order valence-electron chi connectivity index (χ3n) is 4.64. The zero-order chi connectivity index (χ0) is 14.1. The molecule has 0 unspecified atom stereocenters. The number of amides is 1. The molecule has 1 aromatic rings. The standard InChI is InChI=1S/C16H23N3O/c1-18-7-5-15(6-8-18)19(2)16(20)12-3-4-13-10-17-11-14(13)9-12/h3-4,9,15,17H,5-8,10-11H2,1-2H3. The minimum atomic E-state index is 0.161. The zero-order valence-electron chi connectivity index (χ0n) is 12.4. The van der Waals surface area contributed by atoms with Gasteiger partial charge in [0.15, 0.2) is 0 Å². The van der Waals surface area contributed by atoms with E-state index in [0.29, 0.717) is 6.04 Å². The molecule has 20 heavy (non-hydrogen) atoms. The molecule has 2 heterocycles. The van der Waals surface area contributed by atoms with E-state index in [1.54, 1.807) is 0 Å². The largest absolute Gasteiger partial charge is 0.339 e. The van der Waals surface area contributed by atoms with Gasteiger partial charge in [-0.05, 0) is 56.2 Å². The van der Waals surface area contributed by atoms with Crippen LogP contribution in [-0.2, 0) is 13.1 Å². The Morgan fingerprint density at radius 1 is 1.25 bits per heavy atom. The van der Waals surface area contributed by atoms with E-state index < -0.39 is 0 Å². The van der Waals surface area contributed by atoms with Crippen molar-refractivity contribution in [2.24, 2.45) is 0 Å². The van der Waals surface area contributed by atoms with E-state index >= 15 is 0 Å². The Labute approximate surface area is 120 Å². The molecule has 1 N–H and O–H groups in total. The Balaban J connectivity index is 1.72. The van der Waals surface area contributed by atoms with Crippen LogP contribution in [0.15, 0.2) is 18.2 Å². The molecule has 1 aromatic carbocycles. The molecule has 4 nitrogen and oxygen atoms in total. The molecule has 2 aliphatic rings. The highest BCUT2D eigenvalue weighted by Crippen LogP contribution is 2.20. The van der Waals surface area contributed by atoms with Crippen molar-refractivity contribution in [1.82, 2.24) is 15.1 Å². The average Bonchev–Trinajstić information content (AvgIpc) is 2.94. The van der Waals surface area contributed by atoms with Gasteiger partial charge < -0.3 is 15.1 Å². The Morgan fingerprint density at radius 2 is 1.95 bits per heavy atom. The lowest BCUT2D eigenvalue weighted by atomic mass is 10.0. The van der Waals surface area contributed by atoms with Crippen molar-refractivity contribution >= 4 is 5.91 Å². The summed E-state index contributed by atoms with van der Waals surface area (Å²) in [5, 5.41) is 3.32. The van der Waals surface area contributed by atoms with E-state index in [9.17, 15) is 4.79 Å². The van der Waals surface area contributed by atoms with Crippen LogP contribution in [-0.4, -0.2) is 48.9 Å². The first-order chi connectivity index (χ1) is 9.65. The minimum absolute atomic E-state index is 0.161. The molecule has 4 heteroatoms. The molecule has 1 fully saturated rings. The minimum Gasteiger partial charge on any atom is -0.339 e. The molecule has 0 spiro atoms. The van der Waals surface area contributed by atoms with Crippen molar-refractivity contribution in [3.63, 3.8) is 0 Å². The van der Waals surface area contributed by atoms with Gasteiger partial charge in [-0.3, -0.25) is 4.79 Å². The van der Waals surface area contributed by atoms with E-state index in [1.165, 1.54) is 11.1 Å². The van der Waals surface area contributed by atoms with Crippen molar-refractivity contribution in [3.8, 4) is 0 Å². The number of fused-ring (bicyclic) bond motifs is 1. The molecule has 3 rings (SSSR count). The predicted octanol–water partition coefficient (Wildman–Crippen LogP) is 1.46. The Kier molecular flexibility index (Phi) is 3.76. The van der Waals surface area contributed by atoms with Gasteiger partial charge in [-0.15, -0.1) is 0 Å². The summed E-state index contributed by atoms with van der Waals surface area (Å²) in [7, 11) is 4.09. The molecule has 1 saturated heterocycles. The highest BCUT2D eigenvalue weighted by molar-refractivity contribution is 5.94.